The van der Waals surface area contributed by atoms with Crippen LogP contribution < -0.4 is 5.32 Å². The molecule has 1 atom stereocenters. The first-order chi connectivity index (χ1) is 9.24. The highest BCUT2D eigenvalue weighted by Gasteiger charge is 2.26. The Labute approximate surface area is 142 Å². The molecule has 1 aromatic heterocycles. The fourth-order valence-electron chi connectivity index (χ4n) is 2.47. The number of hydrogen-bond acceptors (Lipinski definition) is 3. The van der Waals surface area contributed by atoms with Crippen molar-refractivity contribution in [1.82, 2.24) is 20.0 Å². The standard InChI is InChI=1S/C13H23N5S.HI/c1-14-13(15-5-7-19-3)18-6-4-11(10-18)12-8-16-17(2)9-12;/h8-9,11H,4-7,10H2,1-3H3,(H,14,15);1H. The van der Waals surface area contributed by atoms with Gasteiger partial charge >= 0.3 is 0 Å². The van der Waals surface area contributed by atoms with Gasteiger partial charge in [0, 0.05) is 51.6 Å². The maximum absolute atomic E-state index is 4.38. The van der Waals surface area contributed by atoms with Gasteiger partial charge in [0.2, 0.25) is 0 Å². The summed E-state index contributed by atoms with van der Waals surface area (Å²) in [5.41, 5.74) is 1.34. The molecule has 1 fully saturated rings. The highest BCUT2D eigenvalue weighted by molar-refractivity contribution is 14.0. The Kier molecular flexibility index (Phi) is 7.71. The van der Waals surface area contributed by atoms with Crippen LogP contribution in [0.25, 0.3) is 0 Å². The van der Waals surface area contributed by atoms with E-state index >= 15 is 0 Å². The Balaban J connectivity index is 0.00000200. The van der Waals surface area contributed by atoms with Crippen LogP contribution in [0.3, 0.4) is 0 Å². The molecule has 1 saturated heterocycles. The van der Waals surface area contributed by atoms with Crippen LogP contribution in [-0.4, -0.2) is 59.3 Å². The van der Waals surface area contributed by atoms with Gasteiger partial charge < -0.3 is 10.2 Å². The topological polar surface area (TPSA) is 45.5 Å². The molecular weight excluding hydrogens is 385 g/mol. The molecule has 2 rings (SSSR count). The van der Waals surface area contributed by atoms with Gasteiger partial charge in [-0.3, -0.25) is 9.67 Å². The van der Waals surface area contributed by atoms with Crippen LogP contribution in [0.1, 0.15) is 17.9 Å². The molecule has 0 radical (unpaired) electrons. The molecule has 20 heavy (non-hydrogen) atoms. The minimum atomic E-state index is 0. The van der Waals surface area contributed by atoms with E-state index < -0.39 is 0 Å². The van der Waals surface area contributed by atoms with E-state index in [1.807, 2.05) is 36.7 Å². The number of nitrogens with zero attached hydrogens (tertiary/aromatic N) is 4. The predicted octanol–water partition coefficient (Wildman–Crippen LogP) is 1.77. The molecule has 1 unspecified atom stereocenters. The summed E-state index contributed by atoms with van der Waals surface area (Å²) in [5.74, 6) is 2.71. The first-order valence-electron chi connectivity index (χ1n) is 6.67. The summed E-state index contributed by atoms with van der Waals surface area (Å²) in [7, 11) is 3.83. The third-order valence-electron chi connectivity index (χ3n) is 3.49. The molecule has 0 aromatic carbocycles. The highest BCUT2D eigenvalue weighted by Crippen LogP contribution is 2.26. The van der Waals surface area contributed by atoms with Gasteiger partial charge in [0.1, 0.15) is 0 Å². The van der Waals surface area contributed by atoms with Crippen molar-refractivity contribution in [2.24, 2.45) is 12.0 Å². The maximum atomic E-state index is 4.38. The Bertz CT molecular complexity index is 434. The van der Waals surface area contributed by atoms with Crippen LogP contribution >= 0.6 is 35.7 Å². The van der Waals surface area contributed by atoms with Gasteiger partial charge in [-0.25, -0.2) is 0 Å². The maximum Gasteiger partial charge on any atom is 0.193 e. The summed E-state index contributed by atoms with van der Waals surface area (Å²) in [5, 5.41) is 7.69. The molecule has 5 nitrogen and oxygen atoms in total. The van der Waals surface area contributed by atoms with Crippen LogP contribution in [-0.2, 0) is 7.05 Å². The van der Waals surface area contributed by atoms with Crippen LogP contribution in [0.2, 0.25) is 0 Å². The van der Waals surface area contributed by atoms with Gasteiger partial charge in [-0.05, 0) is 18.2 Å². The van der Waals surface area contributed by atoms with Gasteiger partial charge in [-0.15, -0.1) is 24.0 Å². The number of likely N-dealkylation sites (tertiary alicyclic amines) is 1. The molecule has 1 N–H and O–H groups in total. The number of aromatic nitrogens is 2. The number of aliphatic imine (C=N–C) groups is 1. The molecule has 0 spiro atoms. The summed E-state index contributed by atoms with van der Waals surface area (Å²) in [6.45, 7) is 3.07. The molecule has 114 valence electrons. The number of hydrogen-bond donors (Lipinski definition) is 1. The second-order valence-corrected chi connectivity index (χ2v) is 5.83. The SMILES string of the molecule is CN=C(NCCSC)N1CCC(c2cnn(C)c2)C1.I. The van der Waals surface area contributed by atoms with Gasteiger partial charge in [0.05, 0.1) is 6.20 Å². The average molecular weight is 409 g/mol. The van der Waals surface area contributed by atoms with E-state index in [-0.39, 0.29) is 24.0 Å². The van der Waals surface area contributed by atoms with Gasteiger partial charge in [-0.1, -0.05) is 0 Å². The molecule has 1 aliphatic heterocycles. The van der Waals surface area contributed by atoms with E-state index in [1.165, 1.54) is 12.0 Å². The molecule has 0 bridgehead atoms. The third kappa shape index (κ3) is 4.54. The van der Waals surface area contributed by atoms with E-state index in [1.54, 1.807) is 0 Å². The number of thioether (sulfide) groups is 1. The molecule has 7 heteroatoms. The van der Waals surface area contributed by atoms with Crippen molar-refractivity contribution in [3.63, 3.8) is 0 Å². The van der Waals surface area contributed by atoms with E-state index in [4.69, 9.17) is 0 Å². The second-order valence-electron chi connectivity index (χ2n) is 4.85. The molecule has 1 aromatic rings. The molecule has 0 aliphatic carbocycles. The number of halogens is 1. The Morgan fingerprint density at radius 2 is 2.40 bits per heavy atom. The zero-order valence-electron chi connectivity index (χ0n) is 12.4. The normalized spacial score (nSPS) is 19.1. The van der Waals surface area contributed by atoms with E-state index in [0.717, 1.165) is 31.3 Å². The first kappa shape index (κ1) is 17.6. The van der Waals surface area contributed by atoms with Crippen LogP contribution in [0.4, 0.5) is 0 Å². The van der Waals surface area contributed by atoms with E-state index in [9.17, 15) is 0 Å². The molecule has 2 heterocycles. The monoisotopic (exact) mass is 409 g/mol. The number of rotatable bonds is 4. The van der Waals surface area contributed by atoms with Crippen LogP contribution in [0.5, 0.6) is 0 Å². The summed E-state index contributed by atoms with van der Waals surface area (Å²) in [6.07, 6.45) is 7.41. The second kappa shape index (κ2) is 8.76. The molecule has 1 aliphatic rings. The highest BCUT2D eigenvalue weighted by atomic mass is 127. The number of nitrogens with one attached hydrogen (secondary N) is 1. The van der Waals surface area contributed by atoms with Crippen LogP contribution in [0.15, 0.2) is 17.4 Å². The van der Waals surface area contributed by atoms with Crippen molar-refractivity contribution < 1.29 is 0 Å². The number of guanidine groups is 1. The van der Waals surface area contributed by atoms with Crippen molar-refractivity contribution >= 4 is 41.7 Å². The molecular formula is C13H24IN5S. The van der Waals surface area contributed by atoms with Gasteiger partial charge in [0.15, 0.2) is 5.96 Å². The quantitative estimate of drug-likeness (QED) is 0.356. The summed E-state index contributed by atoms with van der Waals surface area (Å²) < 4.78 is 1.88. The van der Waals surface area contributed by atoms with E-state index in [2.05, 4.69) is 32.8 Å². The zero-order valence-corrected chi connectivity index (χ0v) is 15.5. The van der Waals surface area contributed by atoms with Crippen molar-refractivity contribution in [3.05, 3.63) is 18.0 Å². The van der Waals surface area contributed by atoms with E-state index in [0.29, 0.717) is 5.92 Å². The minimum Gasteiger partial charge on any atom is -0.355 e. The van der Waals surface area contributed by atoms with Crippen LogP contribution in [0, 0.1) is 0 Å². The van der Waals surface area contributed by atoms with Crippen molar-refractivity contribution in [1.29, 1.82) is 0 Å². The Hall–Kier alpha value is -0.440. The lowest BCUT2D eigenvalue weighted by Crippen LogP contribution is -2.40. The average Bonchev–Trinajstić information content (AvgIpc) is 3.03. The van der Waals surface area contributed by atoms with Gasteiger partial charge in [-0.2, -0.15) is 16.9 Å². The van der Waals surface area contributed by atoms with Gasteiger partial charge in [0.25, 0.3) is 0 Å². The first-order valence-corrected chi connectivity index (χ1v) is 8.07. The Morgan fingerprint density at radius 1 is 1.60 bits per heavy atom. The van der Waals surface area contributed by atoms with Crippen molar-refractivity contribution in [3.8, 4) is 0 Å². The predicted molar refractivity (Wildman–Crippen MR) is 97.3 cm³/mol. The third-order valence-corrected chi connectivity index (χ3v) is 4.10. The fraction of sp³-hybridized carbons (Fsp3) is 0.692. The lowest BCUT2D eigenvalue weighted by molar-refractivity contribution is 0.488. The minimum absolute atomic E-state index is 0. The summed E-state index contributed by atoms with van der Waals surface area (Å²) in [4.78, 5) is 6.72. The summed E-state index contributed by atoms with van der Waals surface area (Å²) in [6, 6.07) is 0. The number of aryl methyl sites for hydroxylation is 1. The smallest absolute Gasteiger partial charge is 0.193 e. The van der Waals surface area contributed by atoms with Crippen molar-refractivity contribution in [2.45, 2.75) is 12.3 Å². The zero-order chi connectivity index (χ0) is 13.7. The lowest BCUT2D eigenvalue weighted by atomic mass is 10.0. The summed E-state index contributed by atoms with van der Waals surface area (Å²) >= 11 is 1.85. The Morgan fingerprint density at radius 3 is 3.00 bits per heavy atom. The molecule has 0 amide bonds. The molecule has 0 saturated carbocycles. The lowest BCUT2D eigenvalue weighted by Gasteiger charge is -2.21. The van der Waals surface area contributed by atoms with Crippen molar-refractivity contribution in [2.75, 3.05) is 38.7 Å². The largest absolute Gasteiger partial charge is 0.355 e. The fourth-order valence-corrected chi connectivity index (χ4v) is 2.78.